The van der Waals surface area contributed by atoms with Gasteiger partial charge in [-0.2, -0.15) is 13.2 Å². The van der Waals surface area contributed by atoms with Crippen LogP contribution in [0, 0.1) is 5.41 Å². The van der Waals surface area contributed by atoms with E-state index in [0.29, 0.717) is 35.2 Å². The van der Waals surface area contributed by atoms with Crippen LogP contribution in [0.25, 0.3) is 11.1 Å². The largest absolute Gasteiger partial charge is 0.416 e. The van der Waals surface area contributed by atoms with Gasteiger partial charge in [-0.15, -0.1) is 0 Å². The highest BCUT2D eigenvalue weighted by molar-refractivity contribution is 9.10. The molecule has 0 aromatic heterocycles. The van der Waals surface area contributed by atoms with Gasteiger partial charge in [-0.1, -0.05) is 54.0 Å². The average Bonchev–Trinajstić information content (AvgIpc) is 3.62. The highest BCUT2D eigenvalue weighted by Crippen LogP contribution is 2.42. The molecule has 0 aliphatic carbocycles. The third kappa shape index (κ3) is 4.63. The molecule has 3 aromatic carbocycles. The lowest BCUT2D eigenvalue weighted by molar-refractivity contribution is -0.137. The molecule has 0 saturated carbocycles. The summed E-state index contributed by atoms with van der Waals surface area (Å²) in [6.07, 6.45) is -3.75. The van der Waals surface area contributed by atoms with Crippen molar-refractivity contribution in [2.45, 2.75) is 31.3 Å². The molecule has 0 bridgehead atoms. The van der Waals surface area contributed by atoms with E-state index >= 15 is 0 Å². The number of sulfonamides is 1. The summed E-state index contributed by atoms with van der Waals surface area (Å²) in [5.74, 6) is 0. The summed E-state index contributed by atoms with van der Waals surface area (Å²) >= 11 is 3.48. The van der Waals surface area contributed by atoms with Gasteiger partial charge >= 0.3 is 6.18 Å². The summed E-state index contributed by atoms with van der Waals surface area (Å²) < 4.78 is 68.4. The predicted molar refractivity (Wildman–Crippen MR) is 134 cm³/mol. The first kappa shape index (κ1) is 24.1. The summed E-state index contributed by atoms with van der Waals surface area (Å²) in [7, 11) is -3.85. The normalized spacial score (nSPS) is 17.1. The van der Waals surface area contributed by atoms with E-state index in [1.54, 1.807) is 30.3 Å². The number of fused-ring (bicyclic) bond motifs is 1. The number of nitrogens with zero attached hydrogens (tertiary/aromatic N) is 2. The minimum absolute atomic E-state index is 0.185. The minimum Gasteiger partial charge on any atom is -0.281 e. The Hall–Kier alpha value is -2.65. The van der Waals surface area contributed by atoms with Gasteiger partial charge in [-0.3, -0.25) is 9.30 Å². The Bertz CT molecular complexity index is 1460. The number of hydrogen-bond acceptors (Lipinski definition) is 3. The van der Waals surface area contributed by atoms with E-state index in [2.05, 4.69) is 20.9 Å². The van der Waals surface area contributed by atoms with E-state index in [0.717, 1.165) is 34.5 Å². The van der Waals surface area contributed by atoms with Gasteiger partial charge in [0.2, 0.25) is 0 Å². The fraction of sp³-hybridized carbons (Fsp3) is 0.269. The molecule has 2 aliphatic rings. The van der Waals surface area contributed by atoms with Crippen molar-refractivity contribution in [1.82, 2.24) is 0 Å². The third-order valence-corrected chi connectivity index (χ3v) is 8.70. The zero-order valence-electron chi connectivity index (χ0n) is 19.0. The van der Waals surface area contributed by atoms with Crippen LogP contribution in [0.1, 0.15) is 30.5 Å². The molecule has 0 unspecified atom stereocenters. The Labute approximate surface area is 210 Å². The SMILES string of the molecule is CC1(C)Cc2cc(-c3ccc(C(F)(F)F)cc3)ccc2N(S(=O)(=O)c2ccc(C3=NC3)c(Br)c2)C1. The molecule has 0 fully saturated rings. The van der Waals surface area contributed by atoms with Crippen molar-refractivity contribution in [3.63, 3.8) is 0 Å². The van der Waals surface area contributed by atoms with Crippen LogP contribution in [0.3, 0.4) is 0 Å². The summed E-state index contributed by atoms with van der Waals surface area (Å²) in [4.78, 5) is 4.37. The van der Waals surface area contributed by atoms with Crippen molar-refractivity contribution in [2.24, 2.45) is 10.4 Å². The van der Waals surface area contributed by atoms with Crippen molar-refractivity contribution < 1.29 is 21.6 Å². The van der Waals surface area contributed by atoms with Crippen LogP contribution in [0.5, 0.6) is 0 Å². The number of halogens is 4. The topological polar surface area (TPSA) is 49.7 Å². The van der Waals surface area contributed by atoms with Gasteiger partial charge in [0.15, 0.2) is 0 Å². The maximum absolute atomic E-state index is 13.7. The fourth-order valence-electron chi connectivity index (χ4n) is 4.49. The van der Waals surface area contributed by atoms with Crippen LogP contribution in [0.4, 0.5) is 18.9 Å². The summed E-state index contributed by atoms with van der Waals surface area (Å²) in [5.41, 5.74) is 3.61. The van der Waals surface area contributed by atoms with E-state index in [1.165, 1.54) is 16.4 Å². The Morgan fingerprint density at radius 1 is 0.971 bits per heavy atom. The van der Waals surface area contributed by atoms with Crippen LogP contribution in [-0.2, 0) is 22.6 Å². The first-order valence-electron chi connectivity index (χ1n) is 11.0. The Kier molecular flexibility index (Phi) is 5.64. The monoisotopic (exact) mass is 562 g/mol. The van der Waals surface area contributed by atoms with E-state index in [1.807, 2.05) is 19.9 Å². The number of alkyl halides is 3. The Morgan fingerprint density at radius 2 is 1.63 bits per heavy atom. The molecule has 9 heteroatoms. The van der Waals surface area contributed by atoms with Gasteiger partial charge in [0.05, 0.1) is 28.4 Å². The van der Waals surface area contributed by atoms with Crippen molar-refractivity contribution >= 4 is 37.4 Å². The van der Waals surface area contributed by atoms with E-state index in [-0.39, 0.29) is 10.3 Å². The highest BCUT2D eigenvalue weighted by Gasteiger charge is 2.37. The predicted octanol–water partition coefficient (Wildman–Crippen LogP) is 6.72. The van der Waals surface area contributed by atoms with Gasteiger partial charge < -0.3 is 0 Å². The second-order valence-electron chi connectivity index (χ2n) is 9.68. The van der Waals surface area contributed by atoms with Crippen LogP contribution < -0.4 is 4.31 Å². The lowest BCUT2D eigenvalue weighted by Gasteiger charge is -2.40. The van der Waals surface area contributed by atoms with Crippen molar-refractivity contribution in [1.29, 1.82) is 0 Å². The van der Waals surface area contributed by atoms with Crippen LogP contribution in [-0.4, -0.2) is 27.2 Å². The van der Waals surface area contributed by atoms with Crippen LogP contribution in [0.2, 0.25) is 0 Å². The third-order valence-electron chi connectivity index (χ3n) is 6.29. The fourth-order valence-corrected chi connectivity index (χ4v) is 6.97. The molecule has 0 saturated heterocycles. The molecule has 0 amide bonds. The summed E-state index contributed by atoms with van der Waals surface area (Å²) in [5, 5.41) is 0. The van der Waals surface area contributed by atoms with Gasteiger partial charge in [0.1, 0.15) is 0 Å². The molecule has 2 heterocycles. The van der Waals surface area contributed by atoms with Gasteiger partial charge in [-0.25, -0.2) is 8.42 Å². The first-order chi connectivity index (χ1) is 16.3. The first-order valence-corrected chi connectivity index (χ1v) is 13.3. The molecular weight excluding hydrogens is 541 g/mol. The smallest absolute Gasteiger partial charge is 0.281 e. The average molecular weight is 563 g/mol. The molecule has 4 nitrogen and oxygen atoms in total. The molecule has 5 rings (SSSR count). The molecule has 2 aliphatic heterocycles. The van der Waals surface area contributed by atoms with Gasteiger partial charge in [-0.05, 0) is 64.9 Å². The quantitative estimate of drug-likeness (QED) is 0.354. The van der Waals surface area contributed by atoms with E-state index in [4.69, 9.17) is 0 Å². The Morgan fingerprint density at radius 3 is 2.23 bits per heavy atom. The number of hydrogen-bond donors (Lipinski definition) is 0. The number of anilines is 1. The van der Waals surface area contributed by atoms with E-state index in [9.17, 15) is 21.6 Å². The summed E-state index contributed by atoms with van der Waals surface area (Å²) in [6.45, 7) is 4.99. The molecule has 0 N–H and O–H groups in total. The molecule has 35 heavy (non-hydrogen) atoms. The second-order valence-corrected chi connectivity index (χ2v) is 12.4. The van der Waals surface area contributed by atoms with Gasteiger partial charge in [0, 0.05) is 16.6 Å². The Balaban J connectivity index is 1.53. The summed E-state index contributed by atoms with van der Waals surface area (Å²) in [6, 6.07) is 15.4. The van der Waals surface area contributed by atoms with Crippen molar-refractivity contribution in [2.75, 3.05) is 17.4 Å². The second kappa shape index (κ2) is 8.20. The minimum atomic E-state index is -4.40. The molecule has 0 atom stereocenters. The van der Waals surface area contributed by atoms with Gasteiger partial charge in [0.25, 0.3) is 10.0 Å². The number of benzene rings is 3. The molecule has 0 radical (unpaired) electrons. The number of rotatable bonds is 4. The molecule has 3 aromatic rings. The lowest BCUT2D eigenvalue weighted by atomic mass is 9.81. The van der Waals surface area contributed by atoms with Crippen LogP contribution >= 0.6 is 15.9 Å². The van der Waals surface area contributed by atoms with Crippen LogP contribution in [0.15, 0.2) is 75.0 Å². The van der Waals surface area contributed by atoms with E-state index < -0.39 is 21.8 Å². The lowest BCUT2D eigenvalue weighted by Crippen LogP contribution is -2.44. The molecule has 0 spiro atoms. The molecule has 182 valence electrons. The van der Waals surface area contributed by atoms with Crippen molar-refractivity contribution in [3.8, 4) is 11.1 Å². The van der Waals surface area contributed by atoms with Crippen molar-refractivity contribution in [3.05, 3.63) is 81.8 Å². The maximum atomic E-state index is 13.7. The maximum Gasteiger partial charge on any atom is 0.416 e. The zero-order chi connectivity index (χ0) is 25.2. The number of aliphatic imine (C=N–C) groups is 1. The highest BCUT2D eigenvalue weighted by atomic mass is 79.9. The standard InChI is InChI=1S/C26H22BrF3N2O2S/c1-25(2)13-18-11-17(16-3-6-19(7-4-16)26(28,29)30)5-10-24(18)32(15-25)35(33,34)20-8-9-21(22(27)12-20)23-14-31-23/h3-12H,13-15H2,1-2H3. The zero-order valence-corrected chi connectivity index (χ0v) is 21.4. The molecular formula is C26H22BrF3N2O2S.